The summed E-state index contributed by atoms with van der Waals surface area (Å²) >= 11 is 0. The molecule has 0 aliphatic heterocycles. The molecule has 0 atom stereocenters. The smallest absolute Gasteiger partial charge is 0.0848 e. The molecule has 568 valence electrons. The van der Waals surface area contributed by atoms with Gasteiger partial charge in [-0.05, 0) is 106 Å². The Morgan fingerprint density at radius 3 is 0.724 bits per heavy atom. The van der Waals surface area contributed by atoms with Crippen LogP contribution in [0.3, 0.4) is 0 Å². The Morgan fingerprint density at radius 2 is 0.449 bits per heavy atom. The minimum atomic E-state index is 0. The molecule has 0 aliphatic rings. The van der Waals surface area contributed by atoms with E-state index < -0.39 is 0 Å². The van der Waals surface area contributed by atoms with Crippen LogP contribution < -0.4 is 0 Å². The van der Waals surface area contributed by atoms with E-state index in [0.29, 0.717) is 0 Å². The summed E-state index contributed by atoms with van der Waals surface area (Å²) in [5.74, 6) is 0. The van der Waals surface area contributed by atoms with Gasteiger partial charge in [0.1, 0.15) is 0 Å². The standard InChI is InChI=1S/C95H168N2.Ni/c1-5-9-13-17-21-25-29-33-37-40-42-44-46-48-51-54-58-62-66-70-74-82-90-84-78-80-86-92(90)96-94(88-76-72-68-64-60-56-50-36-32-28-24-20-16-12-8-4)95(89-77-73-69-65-61-57-53-39-35-31-27-23-19-15-11-7-3)97-93-87-81-79-85-91(93)83-75-71-67-63-59-55-52-49-47-45-43-41-38-34-30-26-22-18-14-10-6-2;/h66-67,70-71,77-81,84-87,89H,5-65,68-69,72-76,82-83,88H2,1-4H3;. The van der Waals surface area contributed by atoms with Gasteiger partial charge in [-0.1, -0.05) is 473 Å². The van der Waals surface area contributed by atoms with E-state index >= 15 is 0 Å². The fourth-order valence-corrected chi connectivity index (χ4v) is 14.6. The van der Waals surface area contributed by atoms with E-state index in [0.717, 1.165) is 55.6 Å². The SMILES string of the molecule is CCCCCCCCCCCCCCCCC=CC(=Nc1ccccc1CCC=CCCCCCCCCCCCCCCCCCCC)C(CCCCCCCCCCCCCCCCC)=Nc1ccccc1CCC=CCCCCCCCCCCCCCCCCCCC.[Ni]. The molecule has 2 rings (SSSR count). The van der Waals surface area contributed by atoms with Gasteiger partial charge < -0.3 is 0 Å². The summed E-state index contributed by atoms with van der Waals surface area (Å²) in [7, 11) is 0. The molecule has 0 N–H and O–H groups in total. The van der Waals surface area contributed by atoms with E-state index in [1.54, 1.807) is 0 Å². The number of benzene rings is 2. The van der Waals surface area contributed by atoms with Crippen molar-refractivity contribution in [3.05, 3.63) is 96.1 Å². The topological polar surface area (TPSA) is 24.7 Å². The van der Waals surface area contributed by atoms with Crippen LogP contribution >= 0.6 is 0 Å². The van der Waals surface area contributed by atoms with Gasteiger partial charge in [-0.15, -0.1) is 0 Å². The molecule has 0 unspecified atom stereocenters. The molecule has 0 radical (unpaired) electrons. The minimum absolute atomic E-state index is 0. The van der Waals surface area contributed by atoms with Crippen molar-refractivity contribution in [2.75, 3.05) is 0 Å². The van der Waals surface area contributed by atoms with Crippen molar-refractivity contribution in [3.63, 3.8) is 0 Å². The molecule has 98 heavy (non-hydrogen) atoms. The predicted molar refractivity (Wildman–Crippen MR) is 443 cm³/mol. The minimum Gasteiger partial charge on any atom is -0.251 e. The summed E-state index contributed by atoms with van der Waals surface area (Å²) in [6.07, 6.45) is 112. The maximum atomic E-state index is 5.74. The second-order valence-electron chi connectivity index (χ2n) is 30.7. The van der Waals surface area contributed by atoms with Crippen molar-refractivity contribution in [2.24, 2.45) is 9.98 Å². The Morgan fingerprint density at radius 1 is 0.235 bits per heavy atom. The summed E-state index contributed by atoms with van der Waals surface area (Å²) < 4.78 is 0. The number of aryl methyl sites for hydroxylation is 2. The molecule has 2 aromatic carbocycles. The Balaban J connectivity index is 0.0000480. The molecule has 3 heteroatoms. The van der Waals surface area contributed by atoms with Gasteiger partial charge in [0.2, 0.25) is 0 Å². The van der Waals surface area contributed by atoms with Gasteiger partial charge in [0, 0.05) is 16.5 Å². The molecule has 0 saturated heterocycles. The van der Waals surface area contributed by atoms with Crippen LogP contribution in [0.1, 0.15) is 482 Å². The fraction of sp³-hybridized carbons (Fsp3) is 0.789. The summed E-state index contributed by atoms with van der Waals surface area (Å²) in [6, 6.07) is 18.2. The first-order valence-electron chi connectivity index (χ1n) is 44.5. The third-order valence-electron chi connectivity index (χ3n) is 21.2. The molecule has 0 spiro atoms. The second kappa shape index (κ2) is 78.6. The van der Waals surface area contributed by atoms with Crippen molar-refractivity contribution in [1.82, 2.24) is 0 Å². The third kappa shape index (κ3) is 63.2. The zero-order valence-electron chi connectivity index (χ0n) is 66.5. The summed E-state index contributed by atoms with van der Waals surface area (Å²) in [4.78, 5) is 11.5. The molecule has 0 saturated carbocycles. The van der Waals surface area contributed by atoms with E-state index in [1.165, 1.54) is 434 Å². The predicted octanol–water partition coefficient (Wildman–Crippen LogP) is 34.3. The van der Waals surface area contributed by atoms with Crippen molar-refractivity contribution >= 4 is 22.8 Å². The molecule has 0 fully saturated rings. The van der Waals surface area contributed by atoms with E-state index in [1.807, 2.05) is 0 Å². The maximum Gasteiger partial charge on any atom is 0.0848 e. The normalized spacial score (nSPS) is 12.2. The number of rotatable bonds is 77. The van der Waals surface area contributed by atoms with Crippen LogP contribution in [0.25, 0.3) is 0 Å². The largest absolute Gasteiger partial charge is 0.251 e. The van der Waals surface area contributed by atoms with Crippen molar-refractivity contribution in [2.45, 2.75) is 484 Å². The molecule has 0 amide bonds. The van der Waals surface area contributed by atoms with Crippen LogP contribution in [0.15, 0.2) is 95.0 Å². The summed E-state index contributed by atoms with van der Waals surface area (Å²) in [5.41, 5.74) is 7.26. The average molecular weight is 1400 g/mol. The third-order valence-corrected chi connectivity index (χ3v) is 21.2. The Bertz CT molecular complexity index is 2060. The molecule has 0 bridgehead atoms. The molecular formula is C95H168N2Ni. The molecule has 2 nitrogen and oxygen atoms in total. The number of hydrogen-bond acceptors (Lipinski definition) is 2. The van der Waals surface area contributed by atoms with Crippen LogP contribution in [0, 0.1) is 0 Å². The summed E-state index contributed by atoms with van der Waals surface area (Å²) in [6.45, 7) is 9.28. The number of aliphatic imine (C=N–C) groups is 2. The van der Waals surface area contributed by atoms with Crippen LogP contribution in [-0.4, -0.2) is 11.4 Å². The number of allylic oxidation sites excluding steroid dienone is 6. The van der Waals surface area contributed by atoms with Crippen molar-refractivity contribution in [3.8, 4) is 0 Å². The van der Waals surface area contributed by atoms with Gasteiger partial charge >= 0.3 is 0 Å². The van der Waals surface area contributed by atoms with Gasteiger partial charge in [-0.2, -0.15) is 0 Å². The van der Waals surface area contributed by atoms with Gasteiger partial charge in [0.25, 0.3) is 0 Å². The monoisotopic (exact) mass is 1400 g/mol. The molecule has 0 aliphatic carbocycles. The first-order valence-corrected chi connectivity index (χ1v) is 44.5. The summed E-state index contributed by atoms with van der Waals surface area (Å²) in [5, 5.41) is 0. The first-order chi connectivity index (χ1) is 48.2. The van der Waals surface area contributed by atoms with E-state index in [9.17, 15) is 0 Å². The van der Waals surface area contributed by atoms with Gasteiger partial charge in [-0.3, -0.25) is 4.99 Å². The maximum absolute atomic E-state index is 5.74. The van der Waals surface area contributed by atoms with E-state index in [-0.39, 0.29) is 16.5 Å². The Kier molecular flexibility index (Phi) is 75.0. The Hall–Kier alpha value is -2.51. The number of hydrogen-bond donors (Lipinski definition) is 0. The van der Waals surface area contributed by atoms with Gasteiger partial charge in [0.05, 0.1) is 22.8 Å². The van der Waals surface area contributed by atoms with E-state index in [4.69, 9.17) is 9.98 Å². The molecular weight excluding hydrogens is 1230 g/mol. The quantitative estimate of drug-likeness (QED) is 0.0273. The first kappa shape index (κ1) is 93.5. The van der Waals surface area contributed by atoms with E-state index in [2.05, 4.69) is 113 Å². The molecule has 0 heterocycles. The van der Waals surface area contributed by atoms with Crippen LogP contribution in [0.4, 0.5) is 11.4 Å². The van der Waals surface area contributed by atoms with Crippen LogP contribution in [0.2, 0.25) is 0 Å². The number of unbranched alkanes of at least 4 members (excludes halogenated alkanes) is 62. The Labute approximate surface area is 625 Å². The van der Waals surface area contributed by atoms with Gasteiger partial charge in [-0.25, -0.2) is 4.99 Å². The zero-order valence-corrected chi connectivity index (χ0v) is 67.5. The van der Waals surface area contributed by atoms with Crippen molar-refractivity contribution in [1.29, 1.82) is 0 Å². The second-order valence-corrected chi connectivity index (χ2v) is 30.7. The number of nitrogens with zero attached hydrogens (tertiary/aromatic N) is 2. The molecule has 0 aromatic heterocycles. The fourth-order valence-electron chi connectivity index (χ4n) is 14.6. The van der Waals surface area contributed by atoms with Gasteiger partial charge in [0.15, 0.2) is 0 Å². The van der Waals surface area contributed by atoms with Crippen LogP contribution in [0.5, 0.6) is 0 Å². The zero-order chi connectivity index (χ0) is 69.0. The number of para-hydroxylation sites is 2. The molecule has 2 aromatic rings. The van der Waals surface area contributed by atoms with Crippen LogP contribution in [-0.2, 0) is 29.3 Å². The average Bonchev–Trinajstić information content (AvgIpc) is 0.890. The van der Waals surface area contributed by atoms with Crippen molar-refractivity contribution < 1.29 is 16.5 Å².